The molecule has 0 aliphatic carbocycles. The van der Waals surface area contributed by atoms with Gasteiger partial charge in [-0.1, -0.05) is 32.0 Å². The number of amides is 1. The van der Waals surface area contributed by atoms with Crippen molar-refractivity contribution in [3.05, 3.63) is 29.8 Å². The molecule has 4 nitrogen and oxygen atoms in total. The summed E-state index contributed by atoms with van der Waals surface area (Å²) in [6.45, 7) is 8.93. The maximum Gasteiger partial charge on any atom is 0.241 e. The van der Waals surface area contributed by atoms with Crippen LogP contribution in [0.25, 0.3) is 0 Å². The number of para-hydroxylation sites is 1. The largest absolute Gasteiger partial charge is 0.326 e. The van der Waals surface area contributed by atoms with Crippen LogP contribution >= 0.6 is 0 Å². The van der Waals surface area contributed by atoms with Crippen LogP contribution in [-0.2, 0) is 11.3 Å². The first-order valence-corrected chi connectivity index (χ1v) is 7.67. The molecular weight excluding hydrogens is 262 g/mol. The van der Waals surface area contributed by atoms with Crippen molar-refractivity contribution < 1.29 is 4.79 Å². The number of hydrogen-bond acceptors (Lipinski definition) is 3. The highest BCUT2D eigenvalue weighted by molar-refractivity contribution is 5.95. The topological polar surface area (TPSA) is 58.4 Å². The van der Waals surface area contributed by atoms with Crippen molar-refractivity contribution in [3.8, 4) is 0 Å². The number of nitrogens with zero attached hydrogens (tertiary/aromatic N) is 1. The van der Waals surface area contributed by atoms with Gasteiger partial charge in [-0.3, -0.25) is 9.69 Å². The number of benzene rings is 1. The summed E-state index contributed by atoms with van der Waals surface area (Å²) in [5, 5.41) is 2.99. The second-order valence-corrected chi connectivity index (χ2v) is 6.17. The molecule has 2 atom stereocenters. The van der Waals surface area contributed by atoms with Crippen LogP contribution in [0, 0.1) is 5.92 Å². The average Bonchev–Trinajstić information content (AvgIpc) is 2.45. The third kappa shape index (κ3) is 5.14. The summed E-state index contributed by atoms with van der Waals surface area (Å²) in [7, 11) is 2.01. The molecule has 118 valence electrons. The Balaban J connectivity index is 2.70. The Kier molecular flexibility index (Phi) is 6.85. The van der Waals surface area contributed by atoms with E-state index in [1.54, 1.807) is 0 Å². The second kappa shape index (κ2) is 8.15. The number of hydrogen-bond donors (Lipinski definition) is 2. The molecular formula is C17H29N3O. The molecule has 0 aliphatic rings. The van der Waals surface area contributed by atoms with Gasteiger partial charge in [0.2, 0.25) is 5.91 Å². The van der Waals surface area contributed by atoms with Gasteiger partial charge in [0.1, 0.15) is 0 Å². The minimum Gasteiger partial charge on any atom is -0.326 e. The molecule has 0 saturated heterocycles. The predicted molar refractivity (Wildman–Crippen MR) is 89.1 cm³/mol. The van der Waals surface area contributed by atoms with Crippen molar-refractivity contribution >= 4 is 11.6 Å². The summed E-state index contributed by atoms with van der Waals surface area (Å²) in [5.74, 6) is 0.629. The molecule has 0 aliphatic heterocycles. The second-order valence-electron chi connectivity index (χ2n) is 6.17. The van der Waals surface area contributed by atoms with E-state index < -0.39 is 0 Å². The van der Waals surface area contributed by atoms with Gasteiger partial charge in [0, 0.05) is 18.3 Å². The lowest BCUT2D eigenvalue weighted by molar-refractivity contribution is -0.121. The number of likely N-dealkylation sites (N-methyl/N-ethyl adjacent to an activating group) is 1. The van der Waals surface area contributed by atoms with E-state index in [0.29, 0.717) is 18.5 Å². The highest BCUT2D eigenvalue weighted by atomic mass is 16.2. The Bertz CT molecular complexity index is 459. The molecule has 0 fully saturated rings. The summed E-state index contributed by atoms with van der Waals surface area (Å²) < 4.78 is 0. The van der Waals surface area contributed by atoms with E-state index in [-0.39, 0.29) is 11.9 Å². The molecule has 1 amide bonds. The van der Waals surface area contributed by atoms with Crippen LogP contribution in [0.5, 0.6) is 0 Å². The molecule has 3 N–H and O–H groups in total. The number of nitrogens with two attached hydrogens (primary N) is 1. The van der Waals surface area contributed by atoms with Crippen LogP contribution in [0.3, 0.4) is 0 Å². The highest BCUT2D eigenvalue weighted by Gasteiger charge is 2.23. The maximum atomic E-state index is 12.4. The number of nitrogens with one attached hydrogen (secondary N) is 1. The fourth-order valence-corrected chi connectivity index (χ4v) is 2.47. The zero-order valence-electron chi connectivity index (χ0n) is 13.9. The smallest absolute Gasteiger partial charge is 0.241 e. The molecule has 0 aromatic heterocycles. The Morgan fingerprint density at radius 1 is 1.24 bits per heavy atom. The van der Waals surface area contributed by atoms with Crippen LogP contribution < -0.4 is 11.1 Å². The van der Waals surface area contributed by atoms with Gasteiger partial charge < -0.3 is 11.1 Å². The minimum atomic E-state index is -0.176. The van der Waals surface area contributed by atoms with E-state index in [2.05, 4.69) is 31.0 Å². The van der Waals surface area contributed by atoms with Gasteiger partial charge in [-0.05, 0) is 44.9 Å². The Morgan fingerprint density at radius 2 is 1.86 bits per heavy atom. The van der Waals surface area contributed by atoms with Gasteiger partial charge in [-0.25, -0.2) is 0 Å². The Hall–Kier alpha value is -1.39. The molecule has 1 aromatic carbocycles. The van der Waals surface area contributed by atoms with Crippen LogP contribution in [0.2, 0.25) is 0 Å². The van der Waals surface area contributed by atoms with Crippen molar-refractivity contribution in [1.29, 1.82) is 0 Å². The first kappa shape index (κ1) is 17.7. The standard InChI is InChI=1S/C17H29N3O/c1-12(2)10-13(3)20(5)14(4)17(21)19-16-9-7-6-8-15(16)11-18/h6-9,12-14H,10-11,18H2,1-5H3,(H,19,21). The molecule has 21 heavy (non-hydrogen) atoms. The predicted octanol–water partition coefficient (Wildman–Crippen LogP) is 2.84. The van der Waals surface area contributed by atoms with Gasteiger partial charge in [-0.2, -0.15) is 0 Å². The van der Waals surface area contributed by atoms with E-state index in [1.165, 1.54) is 0 Å². The molecule has 0 spiro atoms. The number of carbonyl (C=O) groups excluding carboxylic acids is 1. The third-order valence-electron chi connectivity index (χ3n) is 3.99. The average molecular weight is 291 g/mol. The van der Waals surface area contributed by atoms with Crippen molar-refractivity contribution in [3.63, 3.8) is 0 Å². The normalized spacial score (nSPS) is 14.3. The highest BCUT2D eigenvalue weighted by Crippen LogP contribution is 2.17. The molecule has 0 heterocycles. The van der Waals surface area contributed by atoms with E-state index in [1.807, 2.05) is 38.2 Å². The van der Waals surface area contributed by atoms with Gasteiger partial charge in [-0.15, -0.1) is 0 Å². The van der Waals surface area contributed by atoms with E-state index >= 15 is 0 Å². The van der Waals surface area contributed by atoms with Crippen molar-refractivity contribution in [1.82, 2.24) is 4.90 Å². The van der Waals surface area contributed by atoms with E-state index in [4.69, 9.17) is 5.73 Å². The fraction of sp³-hybridized carbons (Fsp3) is 0.588. The summed E-state index contributed by atoms with van der Waals surface area (Å²) in [6.07, 6.45) is 1.08. The molecule has 0 radical (unpaired) electrons. The lowest BCUT2D eigenvalue weighted by Crippen LogP contribution is -2.44. The summed E-state index contributed by atoms with van der Waals surface area (Å²) in [5.41, 5.74) is 7.47. The maximum absolute atomic E-state index is 12.4. The molecule has 0 bridgehead atoms. The first-order chi connectivity index (χ1) is 9.86. The SMILES string of the molecule is CC(C)CC(C)N(C)C(C)C(=O)Nc1ccccc1CN. The van der Waals surface area contributed by atoms with Crippen LogP contribution in [0.15, 0.2) is 24.3 Å². The minimum absolute atomic E-state index is 0.00834. The number of carbonyl (C=O) groups is 1. The molecule has 1 aromatic rings. The van der Waals surface area contributed by atoms with Crippen LogP contribution in [0.1, 0.15) is 39.7 Å². The summed E-state index contributed by atoms with van der Waals surface area (Å²) in [4.78, 5) is 14.5. The van der Waals surface area contributed by atoms with E-state index in [9.17, 15) is 4.79 Å². The van der Waals surface area contributed by atoms with Crippen LogP contribution in [-0.4, -0.2) is 29.9 Å². The van der Waals surface area contributed by atoms with Crippen LogP contribution in [0.4, 0.5) is 5.69 Å². The quantitative estimate of drug-likeness (QED) is 0.812. The monoisotopic (exact) mass is 291 g/mol. The Morgan fingerprint density at radius 3 is 2.43 bits per heavy atom. The lowest BCUT2D eigenvalue weighted by atomic mass is 10.0. The van der Waals surface area contributed by atoms with Gasteiger partial charge in [0.05, 0.1) is 6.04 Å². The van der Waals surface area contributed by atoms with E-state index in [0.717, 1.165) is 17.7 Å². The number of rotatable bonds is 7. The molecule has 2 unspecified atom stereocenters. The zero-order valence-corrected chi connectivity index (χ0v) is 13.9. The van der Waals surface area contributed by atoms with Gasteiger partial charge in [0.25, 0.3) is 0 Å². The van der Waals surface area contributed by atoms with Gasteiger partial charge >= 0.3 is 0 Å². The fourth-order valence-electron chi connectivity index (χ4n) is 2.47. The first-order valence-electron chi connectivity index (χ1n) is 7.67. The van der Waals surface area contributed by atoms with Crippen molar-refractivity contribution in [2.24, 2.45) is 11.7 Å². The van der Waals surface area contributed by atoms with Gasteiger partial charge in [0.15, 0.2) is 0 Å². The summed E-state index contributed by atoms with van der Waals surface area (Å²) in [6, 6.07) is 7.86. The lowest BCUT2D eigenvalue weighted by Gasteiger charge is -2.31. The summed E-state index contributed by atoms with van der Waals surface area (Å²) >= 11 is 0. The van der Waals surface area contributed by atoms with Crippen molar-refractivity contribution in [2.75, 3.05) is 12.4 Å². The zero-order chi connectivity index (χ0) is 16.0. The third-order valence-corrected chi connectivity index (χ3v) is 3.99. The molecule has 1 rings (SSSR count). The Labute approximate surface area is 128 Å². The van der Waals surface area contributed by atoms with Crippen molar-refractivity contribution in [2.45, 2.75) is 52.7 Å². The molecule has 0 saturated carbocycles. The number of anilines is 1. The molecule has 4 heteroatoms.